The Morgan fingerprint density at radius 3 is 2.64 bits per heavy atom. The van der Waals surface area contributed by atoms with Gasteiger partial charge in [-0.1, -0.05) is 11.6 Å². The SMILES string of the molecule is OB(O)c1c(Cl)ccc2scc(O)c12. The van der Waals surface area contributed by atoms with Gasteiger partial charge in [-0.15, -0.1) is 11.3 Å². The molecule has 72 valence electrons. The fourth-order valence-electron chi connectivity index (χ4n) is 1.37. The molecule has 2 aromatic rings. The van der Waals surface area contributed by atoms with E-state index in [1.165, 1.54) is 16.7 Å². The molecule has 0 aliphatic heterocycles. The fraction of sp³-hybridized carbons (Fsp3) is 0. The third kappa shape index (κ3) is 1.38. The van der Waals surface area contributed by atoms with Crippen LogP contribution in [0.4, 0.5) is 0 Å². The monoisotopic (exact) mass is 228 g/mol. The Bertz CT molecular complexity index is 483. The van der Waals surface area contributed by atoms with Crippen LogP contribution in [-0.2, 0) is 0 Å². The molecule has 1 aromatic carbocycles. The minimum Gasteiger partial charge on any atom is -0.506 e. The minimum atomic E-state index is -1.67. The van der Waals surface area contributed by atoms with Gasteiger partial charge in [0.25, 0.3) is 0 Å². The van der Waals surface area contributed by atoms with Crippen LogP contribution in [0.2, 0.25) is 5.02 Å². The van der Waals surface area contributed by atoms with Crippen molar-refractivity contribution >= 4 is 45.6 Å². The van der Waals surface area contributed by atoms with Gasteiger partial charge in [-0.2, -0.15) is 0 Å². The van der Waals surface area contributed by atoms with Gasteiger partial charge in [-0.25, -0.2) is 0 Å². The molecular formula is C8H6BClO3S. The van der Waals surface area contributed by atoms with Crippen molar-refractivity contribution in [1.82, 2.24) is 0 Å². The van der Waals surface area contributed by atoms with E-state index in [2.05, 4.69) is 0 Å². The third-order valence-corrected chi connectivity index (χ3v) is 3.23. The topological polar surface area (TPSA) is 60.7 Å². The van der Waals surface area contributed by atoms with Crippen molar-refractivity contribution in [2.75, 3.05) is 0 Å². The molecule has 0 radical (unpaired) electrons. The van der Waals surface area contributed by atoms with E-state index in [1.807, 2.05) is 0 Å². The van der Waals surface area contributed by atoms with Gasteiger partial charge in [0.2, 0.25) is 0 Å². The normalized spacial score (nSPS) is 10.8. The summed E-state index contributed by atoms with van der Waals surface area (Å²) in [5, 5.41) is 29.9. The first kappa shape index (κ1) is 9.80. The summed E-state index contributed by atoms with van der Waals surface area (Å²) >= 11 is 7.12. The average Bonchev–Trinajstić information content (AvgIpc) is 2.47. The summed E-state index contributed by atoms with van der Waals surface area (Å²) in [4.78, 5) is 0. The molecule has 3 N–H and O–H groups in total. The van der Waals surface area contributed by atoms with Gasteiger partial charge in [0.05, 0.1) is 0 Å². The molecule has 0 amide bonds. The highest BCUT2D eigenvalue weighted by atomic mass is 35.5. The molecule has 2 rings (SSSR count). The van der Waals surface area contributed by atoms with Crippen LogP contribution < -0.4 is 5.46 Å². The van der Waals surface area contributed by atoms with E-state index >= 15 is 0 Å². The number of aromatic hydroxyl groups is 1. The lowest BCUT2D eigenvalue weighted by Crippen LogP contribution is -2.31. The van der Waals surface area contributed by atoms with Gasteiger partial charge in [0.1, 0.15) is 5.75 Å². The smallest absolute Gasteiger partial charge is 0.490 e. The number of rotatable bonds is 1. The Hall–Kier alpha value is -0.745. The highest BCUT2D eigenvalue weighted by molar-refractivity contribution is 7.17. The van der Waals surface area contributed by atoms with E-state index in [1.54, 1.807) is 12.1 Å². The molecule has 14 heavy (non-hydrogen) atoms. The van der Waals surface area contributed by atoms with Crippen LogP contribution in [0, 0.1) is 0 Å². The molecule has 0 bridgehead atoms. The molecule has 1 heterocycles. The van der Waals surface area contributed by atoms with E-state index < -0.39 is 7.12 Å². The standard InChI is InChI=1S/C8H6BClO3S/c10-4-1-2-6-7(5(11)3-14-6)8(4)9(12)13/h1-3,11-13H. The lowest BCUT2D eigenvalue weighted by molar-refractivity contribution is 0.426. The molecule has 6 heteroatoms. The Labute approximate surface area is 89.3 Å². The number of thiophene rings is 1. The second-order valence-electron chi connectivity index (χ2n) is 2.83. The highest BCUT2D eigenvalue weighted by Gasteiger charge is 2.21. The Kier molecular flexibility index (Phi) is 2.40. The quantitative estimate of drug-likeness (QED) is 0.637. The van der Waals surface area contributed by atoms with Crippen LogP contribution in [0.15, 0.2) is 17.5 Å². The molecule has 0 fully saturated rings. The van der Waals surface area contributed by atoms with Crippen molar-refractivity contribution < 1.29 is 15.2 Å². The molecule has 0 unspecified atom stereocenters. The molecule has 1 aromatic heterocycles. The summed E-state index contributed by atoms with van der Waals surface area (Å²) in [6.07, 6.45) is 0. The van der Waals surface area contributed by atoms with E-state index in [9.17, 15) is 5.11 Å². The molecule has 0 saturated heterocycles. The number of halogens is 1. The molecule has 0 saturated carbocycles. The summed E-state index contributed by atoms with van der Waals surface area (Å²) in [7, 11) is -1.67. The van der Waals surface area contributed by atoms with Crippen LogP contribution in [-0.4, -0.2) is 22.3 Å². The molecule has 0 spiro atoms. The first-order chi connectivity index (χ1) is 6.61. The van der Waals surface area contributed by atoms with Crippen LogP contribution in [0.25, 0.3) is 10.1 Å². The maximum atomic E-state index is 9.49. The number of hydrogen-bond acceptors (Lipinski definition) is 4. The van der Waals surface area contributed by atoms with Crippen LogP contribution in [0.3, 0.4) is 0 Å². The first-order valence-electron chi connectivity index (χ1n) is 3.86. The van der Waals surface area contributed by atoms with Crippen molar-refractivity contribution in [3.63, 3.8) is 0 Å². The maximum Gasteiger partial charge on any atom is 0.490 e. The van der Waals surface area contributed by atoms with E-state index in [4.69, 9.17) is 21.6 Å². The van der Waals surface area contributed by atoms with Crippen LogP contribution in [0.1, 0.15) is 0 Å². The van der Waals surface area contributed by atoms with E-state index in [0.717, 1.165) is 4.70 Å². The summed E-state index contributed by atoms with van der Waals surface area (Å²) in [6.45, 7) is 0. The Balaban J connectivity index is 2.87. The third-order valence-electron chi connectivity index (χ3n) is 1.97. The molecule has 3 nitrogen and oxygen atoms in total. The zero-order valence-electron chi connectivity index (χ0n) is 6.94. The Morgan fingerprint density at radius 1 is 1.29 bits per heavy atom. The number of benzene rings is 1. The second-order valence-corrected chi connectivity index (χ2v) is 4.15. The van der Waals surface area contributed by atoms with Crippen molar-refractivity contribution in [3.8, 4) is 5.75 Å². The predicted molar refractivity (Wildman–Crippen MR) is 58.3 cm³/mol. The van der Waals surface area contributed by atoms with Gasteiger partial charge in [0.15, 0.2) is 0 Å². The van der Waals surface area contributed by atoms with Gasteiger partial charge >= 0.3 is 7.12 Å². The zero-order chi connectivity index (χ0) is 10.3. The van der Waals surface area contributed by atoms with Crippen LogP contribution in [0.5, 0.6) is 5.75 Å². The van der Waals surface area contributed by atoms with Crippen molar-refractivity contribution in [3.05, 3.63) is 22.5 Å². The predicted octanol–water partition coefficient (Wildman–Crippen LogP) is 0.940. The summed E-state index contributed by atoms with van der Waals surface area (Å²) in [5.41, 5.74) is 0.155. The van der Waals surface area contributed by atoms with Crippen molar-refractivity contribution in [2.45, 2.75) is 0 Å². The van der Waals surface area contributed by atoms with Gasteiger partial charge in [-0.05, 0) is 12.1 Å². The number of hydrogen-bond donors (Lipinski definition) is 3. The second kappa shape index (κ2) is 3.44. The minimum absolute atomic E-state index is 0.0237. The fourth-order valence-corrected chi connectivity index (χ4v) is 2.46. The Morgan fingerprint density at radius 2 is 2.00 bits per heavy atom. The molecular weight excluding hydrogens is 222 g/mol. The first-order valence-corrected chi connectivity index (χ1v) is 5.11. The van der Waals surface area contributed by atoms with Crippen molar-refractivity contribution in [2.24, 2.45) is 0 Å². The van der Waals surface area contributed by atoms with Gasteiger partial charge in [-0.3, -0.25) is 0 Å². The number of fused-ring (bicyclic) bond motifs is 1. The summed E-state index contributed by atoms with van der Waals surface area (Å²) in [6, 6.07) is 3.31. The van der Waals surface area contributed by atoms with E-state index in [-0.39, 0.29) is 16.2 Å². The molecule has 0 aliphatic rings. The summed E-state index contributed by atoms with van der Waals surface area (Å²) in [5.74, 6) is 0.0237. The van der Waals surface area contributed by atoms with Gasteiger partial charge < -0.3 is 15.2 Å². The maximum absolute atomic E-state index is 9.49. The highest BCUT2D eigenvalue weighted by Crippen LogP contribution is 2.31. The largest absolute Gasteiger partial charge is 0.506 e. The lowest BCUT2D eigenvalue weighted by Gasteiger charge is -2.04. The van der Waals surface area contributed by atoms with Crippen LogP contribution >= 0.6 is 22.9 Å². The lowest BCUT2D eigenvalue weighted by atomic mass is 9.78. The van der Waals surface area contributed by atoms with E-state index in [0.29, 0.717) is 5.39 Å². The average molecular weight is 228 g/mol. The van der Waals surface area contributed by atoms with Crippen molar-refractivity contribution in [1.29, 1.82) is 0 Å². The zero-order valence-corrected chi connectivity index (χ0v) is 8.51. The molecule has 0 atom stereocenters. The van der Waals surface area contributed by atoms with Gasteiger partial charge in [0, 0.05) is 26.0 Å². The molecule has 0 aliphatic carbocycles. The summed E-state index contributed by atoms with van der Waals surface area (Å²) < 4.78 is 0.773.